The maximum absolute atomic E-state index is 6.04. The van der Waals surface area contributed by atoms with Crippen LogP contribution in [0.4, 0.5) is 11.4 Å². The molecule has 0 heterocycles. The summed E-state index contributed by atoms with van der Waals surface area (Å²) < 4.78 is 1.19. The minimum atomic E-state index is 0.585. The first-order chi connectivity index (χ1) is 8.20. The minimum absolute atomic E-state index is 0.585. The first-order valence-electron chi connectivity index (χ1n) is 6.14. The summed E-state index contributed by atoms with van der Waals surface area (Å²) in [5.41, 5.74) is 8.01. The van der Waals surface area contributed by atoms with E-state index in [4.69, 9.17) is 5.73 Å². The second-order valence-corrected chi connectivity index (χ2v) is 7.17. The number of hydrogen-bond acceptors (Lipinski definition) is 3. The molecular weight excluding hydrogens is 343 g/mol. The summed E-state index contributed by atoms with van der Waals surface area (Å²) in [7, 11) is 0. The van der Waals surface area contributed by atoms with Crippen LogP contribution in [0.3, 0.4) is 0 Å². The van der Waals surface area contributed by atoms with Gasteiger partial charge in [0.2, 0.25) is 0 Å². The van der Waals surface area contributed by atoms with Crippen LogP contribution in [-0.2, 0) is 0 Å². The van der Waals surface area contributed by atoms with Crippen molar-refractivity contribution in [3.8, 4) is 0 Å². The summed E-state index contributed by atoms with van der Waals surface area (Å²) in [6.07, 6.45) is 3.93. The van der Waals surface area contributed by atoms with Gasteiger partial charge in [-0.05, 0) is 59.4 Å². The molecule has 1 aromatic carbocycles. The molecule has 1 aliphatic carbocycles. The predicted octanol–water partition coefficient (Wildman–Crippen LogP) is 3.96. The van der Waals surface area contributed by atoms with Gasteiger partial charge >= 0.3 is 0 Å². The van der Waals surface area contributed by atoms with Crippen molar-refractivity contribution in [1.29, 1.82) is 0 Å². The molecule has 2 atom stereocenters. The van der Waals surface area contributed by atoms with E-state index in [0.717, 1.165) is 16.6 Å². The fourth-order valence-corrected chi connectivity index (χ4v) is 4.08. The molecule has 2 rings (SSSR count). The Hall–Kier alpha value is -0.100. The van der Waals surface area contributed by atoms with Crippen molar-refractivity contribution >= 4 is 45.7 Å². The molecule has 17 heavy (non-hydrogen) atoms. The molecule has 1 saturated carbocycles. The van der Waals surface area contributed by atoms with Gasteiger partial charge in [-0.15, -0.1) is 0 Å². The third kappa shape index (κ3) is 3.44. The highest BCUT2D eigenvalue weighted by Gasteiger charge is 2.27. The van der Waals surface area contributed by atoms with Gasteiger partial charge in [0, 0.05) is 14.9 Å². The van der Waals surface area contributed by atoms with Crippen LogP contribution < -0.4 is 11.1 Å². The highest BCUT2D eigenvalue weighted by atomic mass is 127. The Morgan fingerprint density at radius 1 is 1.47 bits per heavy atom. The molecule has 3 N–H and O–H groups in total. The van der Waals surface area contributed by atoms with Gasteiger partial charge in [0.1, 0.15) is 0 Å². The molecule has 0 bridgehead atoms. The SMILES string of the molecule is CCSC1CCCC1Nc1ccc(I)cc1N. The Labute approximate surface area is 121 Å². The van der Waals surface area contributed by atoms with Crippen molar-refractivity contribution in [2.45, 2.75) is 37.5 Å². The van der Waals surface area contributed by atoms with Crippen molar-refractivity contribution in [2.24, 2.45) is 0 Å². The van der Waals surface area contributed by atoms with Gasteiger partial charge in [-0.2, -0.15) is 11.8 Å². The molecule has 2 unspecified atom stereocenters. The normalized spacial score (nSPS) is 23.9. The molecule has 0 saturated heterocycles. The number of anilines is 2. The van der Waals surface area contributed by atoms with E-state index in [0.29, 0.717) is 6.04 Å². The topological polar surface area (TPSA) is 38.0 Å². The quantitative estimate of drug-likeness (QED) is 0.629. The third-order valence-electron chi connectivity index (χ3n) is 3.19. The number of nitrogen functional groups attached to an aromatic ring is 1. The predicted molar refractivity (Wildman–Crippen MR) is 86.8 cm³/mol. The van der Waals surface area contributed by atoms with Crippen LogP contribution in [0.2, 0.25) is 0 Å². The summed E-state index contributed by atoms with van der Waals surface area (Å²) in [6, 6.07) is 6.82. The lowest BCUT2D eigenvalue weighted by Crippen LogP contribution is -2.26. The van der Waals surface area contributed by atoms with Crippen LogP contribution in [-0.4, -0.2) is 17.0 Å². The van der Waals surface area contributed by atoms with Gasteiger partial charge in [-0.1, -0.05) is 13.3 Å². The van der Waals surface area contributed by atoms with Gasteiger partial charge in [0.15, 0.2) is 0 Å². The number of hydrogen-bond donors (Lipinski definition) is 2. The van der Waals surface area contributed by atoms with Gasteiger partial charge < -0.3 is 11.1 Å². The molecule has 4 heteroatoms. The Morgan fingerprint density at radius 3 is 3.00 bits per heavy atom. The van der Waals surface area contributed by atoms with Crippen LogP contribution in [0.25, 0.3) is 0 Å². The lowest BCUT2D eigenvalue weighted by Gasteiger charge is -2.22. The molecule has 2 nitrogen and oxygen atoms in total. The number of halogens is 1. The average molecular weight is 362 g/mol. The maximum Gasteiger partial charge on any atom is 0.0577 e. The van der Waals surface area contributed by atoms with E-state index in [-0.39, 0.29) is 0 Å². The fraction of sp³-hybridized carbons (Fsp3) is 0.538. The van der Waals surface area contributed by atoms with E-state index in [1.54, 1.807) is 0 Å². The van der Waals surface area contributed by atoms with Gasteiger partial charge in [-0.3, -0.25) is 0 Å². The van der Waals surface area contributed by atoms with Crippen molar-refractivity contribution in [3.05, 3.63) is 21.8 Å². The van der Waals surface area contributed by atoms with E-state index in [2.05, 4.69) is 58.7 Å². The molecule has 94 valence electrons. The Morgan fingerprint density at radius 2 is 2.29 bits per heavy atom. The highest BCUT2D eigenvalue weighted by molar-refractivity contribution is 14.1. The smallest absolute Gasteiger partial charge is 0.0577 e. The summed E-state index contributed by atoms with van der Waals surface area (Å²) >= 11 is 4.36. The van der Waals surface area contributed by atoms with E-state index >= 15 is 0 Å². The second-order valence-electron chi connectivity index (χ2n) is 4.41. The molecule has 0 aromatic heterocycles. The molecule has 0 amide bonds. The van der Waals surface area contributed by atoms with E-state index in [1.165, 1.54) is 28.6 Å². The van der Waals surface area contributed by atoms with Gasteiger partial charge in [0.05, 0.1) is 11.4 Å². The zero-order chi connectivity index (χ0) is 12.3. The molecule has 0 aliphatic heterocycles. The van der Waals surface area contributed by atoms with Crippen molar-refractivity contribution in [2.75, 3.05) is 16.8 Å². The average Bonchev–Trinajstić information content (AvgIpc) is 2.71. The van der Waals surface area contributed by atoms with Crippen molar-refractivity contribution < 1.29 is 0 Å². The monoisotopic (exact) mass is 362 g/mol. The lowest BCUT2D eigenvalue weighted by atomic mass is 10.2. The highest BCUT2D eigenvalue weighted by Crippen LogP contribution is 2.33. The third-order valence-corrected chi connectivity index (χ3v) is 5.18. The van der Waals surface area contributed by atoms with Crippen LogP contribution in [0.1, 0.15) is 26.2 Å². The van der Waals surface area contributed by atoms with Crippen LogP contribution in [0, 0.1) is 3.57 Å². The molecule has 0 radical (unpaired) electrons. The van der Waals surface area contributed by atoms with Crippen LogP contribution in [0.5, 0.6) is 0 Å². The van der Waals surface area contributed by atoms with Crippen LogP contribution >= 0.6 is 34.4 Å². The molecule has 1 aliphatic rings. The summed E-state index contributed by atoms with van der Waals surface area (Å²) in [6.45, 7) is 2.24. The fourth-order valence-electron chi connectivity index (χ4n) is 2.37. The second kappa shape index (κ2) is 6.18. The standard InChI is InChI=1S/C13H19IN2S/c1-2-17-13-5-3-4-12(13)16-11-7-6-9(14)8-10(11)15/h6-8,12-13,16H,2-5,15H2,1H3. The molecule has 0 spiro atoms. The number of rotatable bonds is 4. The zero-order valence-corrected chi connectivity index (χ0v) is 13.1. The van der Waals surface area contributed by atoms with Gasteiger partial charge in [-0.25, -0.2) is 0 Å². The lowest BCUT2D eigenvalue weighted by molar-refractivity contribution is 0.768. The Bertz CT molecular complexity index is 384. The first kappa shape index (κ1) is 13.3. The van der Waals surface area contributed by atoms with Crippen LogP contribution in [0.15, 0.2) is 18.2 Å². The molecule has 1 fully saturated rings. The summed E-state index contributed by atoms with van der Waals surface area (Å²) in [5.74, 6) is 1.20. The maximum atomic E-state index is 6.04. The number of thioether (sulfide) groups is 1. The van der Waals surface area contributed by atoms with Gasteiger partial charge in [0.25, 0.3) is 0 Å². The Kier molecular flexibility index (Phi) is 4.85. The number of benzene rings is 1. The number of nitrogens with two attached hydrogens (primary N) is 1. The number of nitrogens with one attached hydrogen (secondary N) is 1. The van der Waals surface area contributed by atoms with Crippen molar-refractivity contribution in [3.63, 3.8) is 0 Å². The first-order valence-corrected chi connectivity index (χ1v) is 8.26. The summed E-state index contributed by atoms with van der Waals surface area (Å²) in [4.78, 5) is 0. The molecule has 1 aromatic rings. The molecular formula is C13H19IN2S. The largest absolute Gasteiger partial charge is 0.397 e. The van der Waals surface area contributed by atoms with E-state index < -0.39 is 0 Å². The zero-order valence-electron chi connectivity index (χ0n) is 10.1. The van der Waals surface area contributed by atoms with E-state index in [1.807, 2.05) is 6.07 Å². The van der Waals surface area contributed by atoms with E-state index in [9.17, 15) is 0 Å². The minimum Gasteiger partial charge on any atom is -0.397 e. The Balaban J connectivity index is 2.04. The summed E-state index contributed by atoms with van der Waals surface area (Å²) in [5, 5.41) is 4.37. The van der Waals surface area contributed by atoms with Crippen molar-refractivity contribution in [1.82, 2.24) is 0 Å².